The highest BCUT2D eigenvalue weighted by atomic mass is 32.2. The van der Waals surface area contributed by atoms with Gasteiger partial charge in [0, 0.05) is 16.3 Å². The Bertz CT molecular complexity index is 376. The molecule has 0 radical (unpaired) electrons. The van der Waals surface area contributed by atoms with Crippen molar-refractivity contribution >= 4 is 23.4 Å². The maximum absolute atomic E-state index is 12.7. The predicted octanol–water partition coefficient (Wildman–Crippen LogP) is 0.812. The molecule has 0 bridgehead atoms. The first-order chi connectivity index (χ1) is 7.63. The summed E-state index contributed by atoms with van der Waals surface area (Å²) < 4.78 is 12.7. The molecule has 7 heteroatoms. The summed E-state index contributed by atoms with van der Waals surface area (Å²) in [6, 6.07) is 4.13. The summed E-state index contributed by atoms with van der Waals surface area (Å²) in [5.41, 5.74) is 7.75. The van der Waals surface area contributed by atoms with Gasteiger partial charge in [0.05, 0.1) is 6.42 Å². The van der Waals surface area contributed by atoms with E-state index in [4.69, 9.17) is 11.6 Å². The van der Waals surface area contributed by atoms with Gasteiger partial charge in [-0.05, 0) is 18.2 Å². The molecule has 0 amide bonds. The molecule has 88 valence electrons. The zero-order valence-corrected chi connectivity index (χ0v) is 9.22. The highest BCUT2D eigenvalue weighted by Gasteiger charge is 2.05. The van der Waals surface area contributed by atoms with Gasteiger partial charge in [-0.1, -0.05) is 5.59 Å². The largest absolute Gasteiger partial charge is 0.398 e. The van der Waals surface area contributed by atoms with Gasteiger partial charge in [-0.15, -0.1) is 11.8 Å². The van der Waals surface area contributed by atoms with Crippen LogP contribution in [0.1, 0.15) is 6.42 Å². The van der Waals surface area contributed by atoms with E-state index in [1.54, 1.807) is 11.7 Å². The molecule has 0 aliphatic carbocycles. The van der Waals surface area contributed by atoms with E-state index in [9.17, 15) is 9.18 Å². The normalized spacial score (nSPS) is 10.1. The molecule has 0 fully saturated rings. The number of halogens is 1. The minimum absolute atomic E-state index is 0.186. The van der Waals surface area contributed by atoms with Crippen LogP contribution in [0.2, 0.25) is 0 Å². The van der Waals surface area contributed by atoms with E-state index in [0.29, 0.717) is 11.4 Å². The Kier molecular flexibility index (Phi) is 5.03. The highest BCUT2D eigenvalue weighted by molar-refractivity contribution is 7.99. The van der Waals surface area contributed by atoms with Crippen molar-refractivity contribution < 1.29 is 14.0 Å². The lowest BCUT2D eigenvalue weighted by Crippen LogP contribution is -2.26. The number of rotatable bonds is 5. The van der Waals surface area contributed by atoms with E-state index < -0.39 is 5.97 Å². The fraction of sp³-hybridized carbons (Fsp3) is 0.222. The molecule has 1 aromatic carbocycles. The van der Waals surface area contributed by atoms with E-state index in [1.807, 2.05) is 0 Å². The molecule has 0 aliphatic rings. The van der Waals surface area contributed by atoms with Crippen LogP contribution in [-0.2, 0) is 9.63 Å². The van der Waals surface area contributed by atoms with Crippen LogP contribution in [0.25, 0.3) is 0 Å². The van der Waals surface area contributed by atoms with E-state index in [-0.39, 0.29) is 12.2 Å². The third-order valence-electron chi connectivity index (χ3n) is 1.71. The van der Waals surface area contributed by atoms with Crippen molar-refractivity contribution in [3.63, 3.8) is 0 Å². The first kappa shape index (κ1) is 12.8. The molecular weight excluding hydrogens is 233 g/mol. The molecule has 0 aliphatic heterocycles. The molecule has 1 rings (SSSR count). The van der Waals surface area contributed by atoms with Crippen molar-refractivity contribution in [2.24, 2.45) is 5.84 Å². The number of nitrogens with one attached hydrogen (secondary N) is 1. The van der Waals surface area contributed by atoms with E-state index in [1.165, 1.54) is 23.9 Å². The fourth-order valence-corrected chi connectivity index (χ4v) is 1.89. The summed E-state index contributed by atoms with van der Waals surface area (Å²) >= 11 is 1.35. The number of benzene rings is 1. The number of hydrogen-bond donors (Lipinski definition) is 3. The Labute approximate surface area is 96.2 Å². The Morgan fingerprint density at radius 3 is 2.94 bits per heavy atom. The molecular formula is C9H12FN3O2S. The minimum Gasteiger partial charge on any atom is -0.398 e. The van der Waals surface area contributed by atoms with Crippen molar-refractivity contribution in [3.8, 4) is 0 Å². The molecule has 5 nitrogen and oxygen atoms in total. The van der Waals surface area contributed by atoms with Crippen LogP contribution >= 0.6 is 11.8 Å². The molecule has 0 aromatic heterocycles. The minimum atomic E-state index is -0.462. The van der Waals surface area contributed by atoms with Gasteiger partial charge in [-0.2, -0.15) is 0 Å². The summed E-state index contributed by atoms with van der Waals surface area (Å²) in [5.74, 6) is 4.43. The summed E-state index contributed by atoms with van der Waals surface area (Å²) in [6.07, 6.45) is 0.186. The summed E-state index contributed by atoms with van der Waals surface area (Å²) in [5, 5.41) is 0. The number of hydrazine groups is 1. The summed E-state index contributed by atoms with van der Waals surface area (Å²) in [4.78, 5) is 15.9. The van der Waals surface area contributed by atoms with Gasteiger partial charge in [-0.3, -0.25) is 4.79 Å². The monoisotopic (exact) mass is 245 g/mol. The van der Waals surface area contributed by atoms with Gasteiger partial charge in [0.25, 0.3) is 0 Å². The molecule has 0 saturated carbocycles. The Hall–Kier alpha value is -1.31. The molecule has 0 unspecified atom stereocenters. The third-order valence-corrected chi connectivity index (χ3v) is 2.80. The molecule has 0 spiro atoms. The van der Waals surface area contributed by atoms with Crippen LogP contribution in [0.3, 0.4) is 0 Å². The lowest BCUT2D eigenvalue weighted by molar-refractivity contribution is -0.150. The van der Waals surface area contributed by atoms with Crippen molar-refractivity contribution in [1.29, 1.82) is 0 Å². The highest BCUT2D eigenvalue weighted by Crippen LogP contribution is 2.25. The molecule has 1 aromatic rings. The van der Waals surface area contributed by atoms with Crippen LogP contribution in [-0.4, -0.2) is 11.7 Å². The van der Waals surface area contributed by atoms with Gasteiger partial charge in [0.15, 0.2) is 0 Å². The Morgan fingerprint density at radius 2 is 2.31 bits per heavy atom. The standard InChI is InChI=1S/C9H12FN3O2S/c10-6-1-2-8(7(11)5-6)16-4-3-9(14)15-13-12/h1-2,5,13H,3-4,11-12H2. The maximum Gasteiger partial charge on any atom is 0.327 e. The topological polar surface area (TPSA) is 90.4 Å². The second kappa shape index (κ2) is 6.31. The number of carbonyl (C=O) groups is 1. The van der Waals surface area contributed by atoms with Gasteiger partial charge in [-0.25, -0.2) is 10.2 Å². The zero-order valence-electron chi connectivity index (χ0n) is 8.40. The quantitative estimate of drug-likeness (QED) is 0.308. The van der Waals surface area contributed by atoms with Crippen LogP contribution in [0.4, 0.5) is 10.1 Å². The number of carbonyl (C=O) groups excluding carboxylic acids is 1. The van der Waals surface area contributed by atoms with Gasteiger partial charge >= 0.3 is 5.97 Å². The average molecular weight is 245 g/mol. The van der Waals surface area contributed by atoms with Crippen LogP contribution in [0.15, 0.2) is 23.1 Å². The Balaban J connectivity index is 2.40. The number of nitrogen functional groups attached to an aromatic ring is 1. The van der Waals surface area contributed by atoms with E-state index in [0.717, 1.165) is 4.90 Å². The van der Waals surface area contributed by atoms with Crippen molar-refractivity contribution in [3.05, 3.63) is 24.0 Å². The number of anilines is 1. The van der Waals surface area contributed by atoms with Gasteiger partial charge in [0.2, 0.25) is 0 Å². The summed E-state index contributed by atoms with van der Waals surface area (Å²) in [6.45, 7) is 0. The van der Waals surface area contributed by atoms with Crippen LogP contribution < -0.4 is 17.2 Å². The molecule has 16 heavy (non-hydrogen) atoms. The lowest BCUT2D eigenvalue weighted by atomic mass is 10.3. The second-order valence-electron chi connectivity index (χ2n) is 2.87. The Morgan fingerprint density at radius 1 is 1.56 bits per heavy atom. The lowest BCUT2D eigenvalue weighted by Gasteiger charge is -2.05. The van der Waals surface area contributed by atoms with E-state index in [2.05, 4.69) is 4.84 Å². The molecule has 0 saturated heterocycles. The smallest absolute Gasteiger partial charge is 0.327 e. The van der Waals surface area contributed by atoms with Crippen molar-refractivity contribution in [2.45, 2.75) is 11.3 Å². The third kappa shape index (κ3) is 4.05. The first-order valence-electron chi connectivity index (χ1n) is 4.46. The predicted molar refractivity (Wildman–Crippen MR) is 59.6 cm³/mol. The second-order valence-corrected chi connectivity index (χ2v) is 4.01. The van der Waals surface area contributed by atoms with Gasteiger partial charge in [0.1, 0.15) is 5.82 Å². The number of nitrogens with two attached hydrogens (primary N) is 2. The van der Waals surface area contributed by atoms with Gasteiger partial charge < -0.3 is 10.6 Å². The fourth-order valence-electron chi connectivity index (χ4n) is 1.01. The van der Waals surface area contributed by atoms with Crippen LogP contribution in [0, 0.1) is 5.82 Å². The molecule has 0 atom stereocenters. The zero-order chi connectivity index (χ0) is 12.0. The van der Waals surface area contributed by atoms with Crippen molar-refractivity contribution in [2.75, 3.05) is 11.5 Å². The summed E-state index contributed by atoms with van der Waals surface area (Å²) in [7, 11) is 0. The average Bonchev–Trinajstić information content (AvgIpc) is 2.22. The van der Waals surface area contributed by atoms with E-state index >= 15 is 0 Å². The van der Waals surface area contributed by atoms with Crippen molar-refractivity contribution in [1.82, 2.24) is 5.59 Å². The number of thioether (sulfide) groups is 1. The SMILES string of the molecule is NNOC(=O)CCSc1ccc(F)cc1N. The number of hydrogen-bond acceptors (Lipinski definition) is 6. The molecule has 0 heterocycles. The molecule has 5 N–H and O–H groups in total. The van der Waals surface area contributed by atoms with Crippen LogP contribution in [0.5, 0.6) is 0 Å². The first-order valence-corrected chi connectivity index (χ1v) is 5.45. The maximum atomic E-state index is 12.7.